The number of carbonyl (C=O) groups is 2. The molecule has 7 heteroatoms. The molecule has 0 unspecified atom stereocenters. The number of ether oxygens (including phenoxy) is 1. The lowest BCUT2D eigenvalue weighted by atomic mass is 9.88. The number of rotatable bonds is 2. The van der Waals surface area contributed by atoms with Crippen LogP contribution in [0.15, 0.2) is 0 Å². The molecule has 0 radical (unpaired) electrons. The maximum Gasteiger partial charge on any atom is 0.344 e. The molecule has 102 valence electrons. The van der Waals surface area contributed by atoms with Gasteiger partial charge in [-0.15, -0.1) is 11.8 Å². The first kappa shape index (κ1) is 14.1. The second kappa shape index (κ2) is 4.11. The summed E-state index contributed by atoms with van der Waals surface area (Å²) in [6.07, 6.45) is -0.713. The highest BCUT2D eigenvalue weighted by Crippen LogP contribution is 2.61. The summed E-state index contributed by atoms with van der Waals surface area (Å²) in [7, 11) is 1.30. The number of methoxy groups -OCH3 is 1. The Kier molecular flexibility index (Phi) is 3.23. The average molecular weight is 338 g/mol. The summed E-state index contributed by atoms with van der Waals surface area (Å²) in [5.74, 6) is -1.14. The largest absolute Gasteiger partial charge is 0.467 e. The summed E-state index contributed by atoms with van der Waals surface area (Å²) in [6.45, 7) is 5.36. The monoisotopic (exact) mass is 337 g/mol. The van der Waals surface area contributed by atoms with E-state index >= 15 is 0 Å². The lowest BCUT2D eigenvalue weighted by Crippen LogP contribution is -2.69. The highest BCUT2D eigenvalue weighted by Gasteiger charge is 2.72. The normalized spacial score (nSPS) is 39.0. The number of carbonyl (C=O) groups excluding carboxylic acids is 2. The zero-order valence-corrected chi connectivity index (χ0v) is 13.0. The van der Waals surface area contributed by atoms with Gasteiger partial charge in [-0.3, -0.25) is 4.79 Å². The molecule has 0 aromatic heterocycles. The van der Waals surface area contributed by atoms with E-state index < -0.39 is 27.2 Å². The van der Waals surface area contributed by atoms with E-state index in [4.69, 9.17) is 4.74 Å². The van der Waals surface area contributed by atoms with Crippen molar-refractivity contribution in [2.45, 2.75) is 41.4 Å². The molecule has 0 aromatic rings. The van der Waals surface area contributed by atoms with Gasteiger partial charge in [-0.2, -0.15) is 0 Å². The number of halogens is 1. The minimum atomic E-state index is -1.16. The predicted octanol–water partition coefficient (Wildman–Crippen LogP) is 0.941. The highest BCUT2D eigenvalue weighted by atomic mass is 79.9. The van der Waals surface area contributed by atoms with Gasteiger partial charge in [-0.05, 0) is 36.7 Å². The van der Waals surface area contributed by atoms with Gasteiger partial charge in [0.15, 0.2) is 0 Å². The number of nitrogens with zero attached hydrogens (tertiary/aromatic N) is 1. The van der Waals surface area contributed by atoms with Gasteiger partial charge in [-0.1, -0.05) is 0 Å². The smallest absolute Gasteiger partial charge is 0.344 e. The number of hydrogen-bond donors (Lipinski definition) is 1. The second-order valence-electron chi connectivity index (χ2n) is 5.11. The van der Waals surface area contributed by atoms with Crippen molar-refractivity contribution in [1.29, 1.82) is 0 Å². The van der Waals surface area contributed by atoms with Gasteiger partial charge in [0.25, 0.3) is 0 Å². The molecule has 0 bridgehead atoms. The van der Waals surface area contributed by atoms with Crippen molar-refractivity contribution in [1.82, 2.24) is 4.90 Å². The minimum Gasteiger partial charge on any atom is -0.467 e. The summed E-state index contributed by atoms with van der Waals surface area (Å²) in [5.41, 5.74) is 0. The van der Waals surface area contributed by atoms with E-state index in [9.17, 15) is 14.7 Å². The molecular weight excluding hydrogens is 322 g/mol. The van der Waals surface area contributed by atoms with Crippen LogP contribution >= 0.6 is 27.7 Å². The number of thioether (sulfide) groups is 1. The van der Waals surface area contributed by atoms with Crippen molar-refractivity contribution in [3.8, 4) is 0 Å². The van der Waals surface area contributed by atoms with E-state index in [2.05, 4.69) is 15.9 Å². The van der Waals surface area contributed by atoms with Crippen molar-refractivity contribution in [2.24, 2.45) is 5.92 Å². The Hall–Kier alpha value is -0.270. The first-order valence-electron chi connectivity index (χ1n) is 5.65. The van der Waals surface area contributed by atoms with Crippen LogP contribution in [-0.4, -0.2) is 49.7 Å². The van der Waals surface area contributed by atoms with Crippen LogP contribution in [0.25, 0.3) is 0 Å². The SMILES string of the molecule is COC(=O)[C@]1(Br)N2C(=O)[C@@H]([C@@H](C)O)[C@H]2SC1(C)C. The Morgan fingerprint density at radius 3 is 2.61 bits per heavy atom. The first-order chi connectivity index (χ1) is 8.18. The number of alkyl halides is 1. The molecule has 2 aliphatic rings. The number of aliphatic hydroxyl groups is 1. The van der Waals surface area contributed by atoms with E-state index in [1.165, 1.54) is 23.8 Å². The van der Waals surface area contributed by atoms with Gasteiger partial charge in [0, 0.05) is 0 Å². The molecule has 2 aliphatic heterocycles. The van der Waals surface area contributed by atoms with Gasteiger partial charge in [0.2, 0.25) is 10.4 Å². The zero-order chi connectivity index (χ0) is 13.9. The summed E-state index contributed by atoms with van der Waals surface area (Å²) in [5, 5.41) is 9.44. The first-order valence-corrected chi connectivity index (χ1v) is 7.32. The molecule has 0 spiro atoms. The Labute approximate surface area is 118 Å². The van der Waals surface area contributed by atoms with Crippen molar-refractivity contribution >= 4 is 39.6 Å². The van der Waals surface area contributed by atoms with Crippen LogP contribution in [0.2, 0.25) is 0 Å². The Morgan fingerprint density at radius 1 is 1.61 bits per heavy atom. The van der Waals surface area contributed by atoms with Crippen molar-refractivity contribution in [2.75, 3.05) is 7.11 Å². The fourth-order valence-corrected chi connectivity index (χ4v) is 5.31. The van der Waals surface area contributed by atoms with Gasteiger partial charge in [-0.25, -0.2) is 4.79 Å². The molecule has 18 heavy (non-hydrogen) atoms. The molecule has 2 heterocycles. The van der Waals surface area contributed by atoms with Crippen LogP contribution in [0.5, 0.6) is 0 Å². The minimum absolute atomic E-state index is 0.189. The number of esters is 1. The molecule has 1 amide bonds. The third kappa shape index (κ3) is 1.50. The molecule has 0 aromatic carbocycles. The van der Waals surface area contributed by atoms with E-state index in [0.717, 1.165) is 0 Å². The van der Waals surface area contributed by atoms with E-state index in [0.29, 0.717) is 0 Å². The molecule has 2 saturated heterocycles. The molecule has 4 atom stereocenters. The van der Waals surface area contributed by atoms with Gasteiger partial charge in [0.05, 0.1) is 29.3 Å². The number of fused-ring (bicyclic) bond motifs is 1. The standard InChI is InChI=1S/C11H16BrNO4S/c1-5(14)6-7(15)13-8(6)18-10(2,3)11(13,12)9(16)17-4/h5-6,8,14H,1-4H3/t5-,6-,8-,11+/m1/s1. The molecule has 0 saturated carbocycles. The van der Waals surface area contributed by atoms with Crippen LogP contribution in [0.4, 0.5) is 0 Å². The molecule has 1 N–H and O–H groups in total. The van der Waals surface area contributed by atoms with Gasteiger partial charge < -0.3 is 14.7 Å². The fourth-order valence-electron chi connectivity index (χ4n) is 2.53. The number of hydrogen-bond acceptors (Lipinski definition) is 5. The van der Waals surface area contributed by atoms with Crippen molar-refractivity contribution < 1.29 is 19.4 Å². The predicted molar refractivity (Wildman–Crippen MR) is 71.1 cm³/mol. The molecular formula is C11H16BrNO4S. The maximum atomic E-state index is 12.1. The van der Waals surface area contributed by atoms with Crippen LogP contribution in [0.1, 0.15) is 20.8 Å². The summed E-state index contributed by atoms with van der Waals surface area (Å²) >= 11 is 4.90. The van der Waals surface area contributed by atoms with Gasteiger partial charge in [0.1, 0.15) is 0 Å². The highest BCUT2D eigenvalue weighted by molar-refractivity contribution is 9.10. The molecule has 2 fully saturated rings. The third-order valence-corrected chi connectivity index (χ3v) is 7.19. The molecule has 2 rings (SSSR count). The maximum absolute atomic E-state index is 12.1. The average Bonchev–Trinajstić information content (AvgIpc) is 2.42. The van der Waals surface area contributed by atoms with Gasteiger partial charge >= 0.3 is 5.97 Å². The number of aliphatic hydroxyl groups excluding tert-OH is 1. The number of β-lactam (4-membered cyclic amide) rings is 1. The summed E-state index contributed by atoms with van der Waals surface area (Å²) < 4.78 is 3.13. The topological polar surface area (TPSA) is 66.8 Å². The van der Waals surface area contributed by atoms with E-state index in [-0.39, 0.29) is 11.3 Å². The summed E-state index contributed by atoms with van der Waals surface area (Å²) in [4.78, 5) is 25.6. The Morgan fingerprint density at radius 2 is 2.17 bits per heavy atom. The lowest BCUT2D eigenvalue weighted by molar-refractivity contribution is -0.171. The third-order valence-electron chi connectivity index (χ3n) is 3.61. The van der Waals surface area contributed by atoms with Crippen LogP contribution < -0.4 is 0 Å². The van der Waals surface area contributed by atoms with Crippen LogP contribution in [0, 0.1) is 5.92 Å². The molecule has 0 aliphatic carbocycles. The summed E-state index contributed by atoms with van der Waals surface area (Å²) in [6, 6.07) is 0. The van der Waals surface area contributed by atoms with Crippen LogP contribution in [-0.2, 0) is 14.3 Å². The van der Waals surface area contributed by atoms with E-state index in [1.807, 2.05) is 13.8 Å². The van der Waals surface area contributed by atoms with Crippen molar-refractivity contribution in [3.63, 3.8) is 0 Å². The van der Waals surface area contributed by atoms with Crippen molar-refractivity contribution in [3.05, 3.63) is 0 Å². The zero-order valence-electron chi connectivity index (χ0n) is 10.6. The Balaban J connectivity index is 2.39. The second-order valence-corrected chi connectivity index (χ2v) is 7.99. The number of amides is 1. The lowest BCUT2D eigenvalue weighted by Gasteiger charge is -2.48. The van der Waals surface area contributed by atoms with Crippen LogP contribution in [0.3, 0.4) is 0 Å². The van der Waals surface area contributed by atoms with E-state index in [1.54, 1.807) is 6.92 Å². The quantitative estimate of drug-likeness (QED) is 0.351. The fraction of sp³-hybridized carbons (Fsp3) is 0.818. The Bertz CT molecular complexity index is 414. The molecule has 5 nitrogen and oxygen atoms in total.